The summed E-state index contributed by atoms with van der Waals surface area (Å²) in [5.74, 6) is 0.0817. The van der Waals surface area contributed by atoms with Gasteiger partial charge in [-0.3, -0.25) is 4.79 Å². The number of rotatable bonds is 3. The van der Waals surface area contributed by atoms with E-state index in [1.807, 2.05) is 19.1 Å². The van der Waals surface area contributed by atoms with Crippen LogP contribution in [-0.4, -0.2) is 10.3 Å². The number of hydrogen-bond acceptors (Lipinski definition) is 3. The zero-order valence-corrected chi connectivity index (χ0v) is 13.2. The van der Waals surface area contributed by atoms with Gasteiger partial charge in [-0.1, -0.05) is 31.2 Å². The lowest BCUT2D eigenvalue weighted by Crippen LogP contribution is -2.13. The van der Waals surface area contributed by atoms with Gasteiger partial charge >= 0.3 is 0 Å². The van der Waals surface area contributed by atoms with E-state index < -0.39 is 0 Å². The third-order valence-electron chi connectivity index (χ3n) is 4.13. The first-order valence-corrected chi connectivity index (χ1v) is 8.34. The SMILES string of the molecule is CCCC(=O)Nc1cccc2c1Cc1cccc3snc-2c13. The first-order valence-electron chi connectivity index (χ1n) is 7.57. The molecule has 2 aromatic carbocycles. The first-order chi connectivity index (χ1) is 10.8. The number of aromatic nitrogens is 1. The third kappa shape index (κ3) is 2.03. The molecule has 0 spiro atoms. The molecular formula is C18H16N2OS. The Morgan fingerprint density at radius 1 is 1.27 bits per heavy atom. The van der Waals surface area contributed by atoms with E-state index in [1.54, 1.807) is 11.5 Å². The zero-order chi connectivity index (χ0) is 15.1. The minimum atomic E-state index is 0.0817. The Bertz CT molecular complexity index is 882. The van der Waals surface area contributed by atoms with Crippen LogP contribution in [0.25, 0.3) is 21.3 Å². The highest BCUT2D eigenvalue weighted by atomic mass is 32.1. The molecule has 0 atom stereocenters. The molecule has 1 aromatic heterocycles. The Morgan fingerprint density at radius 2 is 2.14 bits per heavy atom. The lowest BCUT2D eigenvalue weighted by atomic mass is 9.87. The molecule has 4 rings (SSSR count). The second-order valence-electron chi connectivity index (χ2n) is 5.63. The molecular weight excluding hydrogens is 292 g/mol. The summed E-state index contributed by atoms with van der Waals surface area (Å²) < 4.78 is 5.89. The highest BCUT2D eigenvalue weighted by Crippen LogP contribution is 2.42. The molecule has 1 aliphatic rings. The van der Waals surface area contributed by atoms with E-state index in [9.17, 15) is 4.79 Å². The number of amides is 1. The molecule has 3 nitrogen and oxygen atoms in total. The van der Waals surface area contributed by atoms with Crippen molar-refractivity contribution in [3.63, 3.8) is 0 Å². The van der Waals surface area contributed by atoms with E-state index in [2.05, 4.69) is 34.0 Å². The van der Waals surface area contributed by atoms with Gasteiger partial charge in [-0.25, -0.2) is 0 Å². The van der Waals surface area contributed by atoms with Crippen LogP contribution in [0.5, 0.6) is 0 Å². The Balaban J connectivity index is 1.85. The van der Waals surface area contributed by atoms with Gasteiger partial charge in [0.25, 0.3) is 0 Å². The number of nitrogens with one attached hydrogen (secondary N) is 1. The monoisotopic (exact) mass is 308 g/mol. The predicted molar refractivity (Wildman–Crippen MR) is 91.4 cm³/mol. The van der Waals surface area contributed by atoms with Crippen molar-refractivity contribution in [2.45, 2.75) is 26.2 Å². The molecule has 1 amide bonds. The summed E-state index contributed by atoms with van der Waals surface area (Å²) >= 11 is 1.55. The molecule has 22 heavy (non-hydrogen) atoms. The van der Waals surface area contributed by atoms with Gasteiger partial charge in [0.15, 0.2) is 0 Å². The minimum Gasteiger partial charge on any atom is -0.326 e. The molecule has 0 radical (unpaired) electrons. The largest absolute Gasteiger partial charge is 0.326 e. The molecule has 1 aliphatic carbocycles. The number of carbonyl (C=O) groups excluding carboxylic acids is 1. The molecule has 0 aliphatic heterocycles. The third-order valence-corrected chi connectivity index (χ3v) is 4.94. The van der Waals surface area contributed by atoms with Gasteiger partial charge in [0.2, 0.25) is 5.91 Å². The average Bonchev–Trinajstić information content (AvgIpc) is 2.95. The van der Waals surface area contributed by atoms with Gasteiger partial charge < -0.3 is 5.32 Å². The zero-order valence-electron chi connectivity index (χ0n) is 12.3. The van der Waals surface area contributed by atoms with Crippen LogP contribution in [0.15, 0.2) is 36.4 Å². The number of benzene rings is 2. The summed E-state index contributed by atoms with van der Waals surface area (Å²) in [5, 5.41) is 4.34. The fourth-order valence-corrected chi connectivity index (χ4v) is 3.98. The van der Waals surface area contributed by atoms with Crippen molar-refractivity contribution in [2.24, 2.45) is 0 Å². The topological polar surface area (TPSA) is 42.0 Å². The molecule has 1 N–H and O–H groups in total. The van der Waals surface area contributed by atoms with Crippen molar-refractivity contribution in [3.8, 4) is 11.3 Å². The smallest absolute Gasteiger partial charge is 0.224 e. The highest BCUT2D eigenvalue weighted by Gasteiger charge is 2.23. The lowest BCUT2D eigenvalue weighted by molar-refractivity contribution is -0.116. The van der Waals surface area contributed by atoms with E-state index >= 15 is 0 Å². The Morgan fingerprint density at radius 3 is 3.00 bits per heavy atom. The van der Waals surface area contributed by atoms with Crippen molar-refractivity contribution in [2.75, 3.05) is 5.32 Å². The second kappa shape index (κ2) is 5.21. The van der Waals surface area contributed by atoms with Crippen LogP contribution >= 0.6 is 11.5 Å². The first kappa shape index (κ1) is 13.5. The number of hydrogen-bond donors (Lipinski definition) is 1. The molecule has 0 fully saturated rings. The van der Waals surface area contributed by atoms with E-state index in [0.717, 1.165) is 29.8 Å². The van der Waals surface area contributed by atoms with E-state index in [-0.39, 0.29) is 5.91 Å². The van der Waals surface area contributed by atoms with Crippen LogP contribution in [0.4, 0.5) is 5.69 Å². The molecule has 0 saturated carbocycles. The highest BCUT2D eigenvalue weighted by molar-refractivity contribution is 7.13. The van der Waals surface area contributed by atoms with Gasteiger partial charge in [0.05, 0.1) is 10.4 Å². The summed E-state index contributed by atoms with van der Waals surface area (Å²) in [5.41, 5.74) is 5.61. The van der Waals surface area contributed by atoms with Crippen LogP contribution < -0.4 is 5.32 Å². The molecule has 0 bridgehead atoms. The fourth-order valence-electron chi connectivity index (χ4n) is 3.14. The molecule has 110 valence electrons. The van der Waals surface area contributed by atoms with Gasteiger partial charge in [0.1, 0.15) is 0 Å². The Hall–Kier alpha value is -2.20. The van der Waals surface area contributed by atoms with Crippen LogP contribution in [0.3, 0.4) is 0 Å². The normalized spacial score (nSPS) is 12.2. The summed E-state index contributed by atoms with van der Waals surface area (Å²) in [6.45, 7) is 2.02. The summed E-state index contributed by atoms with van der Waals surface area (Å²) in [6.07, 6.45) is 2.26. The molecule has 3 aromatic rings. The Labute approximate surface area is 133 Å². The molecule has 0 saturated heterocycles. The van der Waals surface area contributed by atoms with Crippen molar-refractivity contribution in [1.29, 1.82) is 0 Å². The summed E-state index contributed by atoms with van der Waals surface area (Å²) in [6, 6.07) is 12.5. The minimum absolute atomic E-state index is 0.0817. The van der Waals surface area contributed by atoms with Crippen LogP contribution in [0.1, 0.15) is 30.9 Å². The van der Waals surface area contributed by atoms with Crippen LogP contribution in [0.2, 0.25) is 0 Å². The van der Waals surface area contributed by atoms with E-state index in [4.69, 9.17) is 0 Å². The second-order valence-corrected chi connectivity index (χ2v) is 6.43. The number of carbonyl (C=O) groups is 1. The Kier molecular flexibility index (Phi) is 3.19. The molecule has 1 heterocycles. The maximum Gasteiger partial charge on any atom is 0.224 e. The summed E-state index contributed by atoms with van der Waals surface area (Å²) in [4.78, 5) is 12.0. The van der Waals surface area contributed by atoms with E-state index in [1.165, 1.54) is 21.2 Å². The maximum absolute atomic E-state index is 12.0. The van der Waals surface area contributed by atoms with Crippen LogP contribution in [-0.2, 0) is 11.2 Å². The quantitative estimate of drug-likeness (QED) is 0.600. The van der Waals surface area contributed by atoms with Crippen LogP contribution in [0, 0.1) is 0 Å². The van der Waals surface area contributed by atoms with E-state index in [0.29, 0.717) is 6.42 Å². The number of fused-ring (bicyclic) bond motifs is 2. The maximum atomic E-state index is 12.0. The molecule has 4 heteroatoms. The van der Waals surface area contributed by atoms with Crippen molar-refractivity contribution in [3.05, 3.63) is 47.5 Å². The number of nitrogens with zero attached hydrogens (tertiary/aromatic N) is 1. The van der Waals surface area contributed by atoms with Gasteiger partial charge in [-0.2, -0.15) is 4.37 Å². The van der Waals surface area contributed by atoms with Crippen molar-refractivity contribution >= 4 is 33.2 Å². The predicted octanol–water partition coefficient (Wildman–Crippen LogP) is 4.61. The van der Waals surface area contributed by atoms with Crippen molar-refractivity contribution in [1.82, 2.24) is 4.37 Å². The average molecular weight is 308 g/mol. The van der Waals surface area contributed by atoms with Gasteiger partial charge in [-0.15, -0.1) is 0 Å². The lowest BCUT2D eigenvalue weighted by Gasteiger charge is -2.19. The fraction of sp³-hybridized carbons (Fsp3) is 0.222. The standard InChI is InChI=1S/C18H16N2OS/c1-2-5-16(21)19-14-8-4-7-12-13(14)10-11-6-3-9-15-17(11)18(12)20-22-15/h3-4,6-9H,2,5,10H2,1H3,(H,19,21). The van der Waals surface area contributed by atoms with Gasteiger partial charge in [-0.05, 0) is 41.2 Å². The van der Waals surface area contributed by atoms with Gasteiger partial charge in [0, 0.05) is 29.5 Å². The summed E-state index contributed by atoms with van der Waals surface area (Å²) in [7, 11) is 0. The van der Waals surface area contributed by atoms with Crippen molar-refractivity contribution < 1.29 is 4.79 Å². The number of anilines is 1. The molecule has 0 unspecified atom stereocenters.